The van der Waals surface area contributed by atoms with Crippen LogP contribution in [0.25, 0.3) is 12.2 Å². The summed E-state index contributed by atoms with van der Waals surface area (Å²) in [5.74, 6) is 0.210. The van der Waals surface area contributed by atoms with Gasteiger partial charge in [-0.3, -0.25) is 19.2 Å². The lowest BCUT2D eigenvalue weighted by atomic mass is 10.1. The van der Waals surface area contributed by atoms with Crippen LogP contribution in [0.5, 0.6) is 11.5 Å². The molecule has 2 fully saturated rings. The number of carbonyl (C=O) groups is 4. The van der Waals surface area contributed by atoms with Crippen molar-refractivity contribution in [2.24, 2.45) is 0 Å². The first-order valence-electron chi connectivity index (χ1n) is 17.9. The second kappa shape index (κ2) is 16.9. The van der Waals surface area contributed by atoms with Gasteiger partial charge in [0.15, 0.2) is 0 Å². The lowest BCUT2D eigenvalue weighted by Crippen LogP contribution is -2.43. The minimum atomic E-state index is -0.558. The summed E-state index contributed by atoms with van der Waals surface area (Å²) in [5.41, 5.74) is 4.11. The largest absolute Gasteiger partial charge is 0.493 e. The van der Waals surface area contributed by atoms with Crippen LogP contribution in [-0.2, 0) is 9.59 Å². The lowest BCUT2D eigenvalue weighted by Gasteiger charge is -2.25. The molecule has 2 N–H and O–H groups in total. The third-order valence-corrected chi connectivity index (χ3v) is 9.29. The average Bonchev–Trinajstić information content (AvgIpc) is 3.87. The number of nitrogens with one attached hydrogen (secondary N) is 2. The van der Waals surface area contributed by atoms with E-state index in [0.29, 0.717) is 73.1 Å². The highest BCUT2D eigenvalue weighted by atomic mass is 16.5. The molecule has 4 amide bonds. The van der Waals surface area contributed by atoms with E-state index >= 15 is 0 Å². The Labute approximate surface area is 304 Å². The maximum Gasteiger partial charge on any atom is 0.258 e. The number of nitrogens with zero attached hydrogens (tertiary/aromatic N) is 2. The van der Waals surface area contributed by atoms with Crippen molar-refractivity contribution in [2.75, 3.05) is 36.9 Å². The van der Waals surface area contributed by atoms with E-state index in [1.54, 1.807) is 46.2 Å². The van der Waals surface area contributed by atoms with Crippen LogP contribution in [0.4, 0.5) is 11.4 Å². The number of ether oxygens (including phenoxy) is 2. The van der Waals surface area contributed by atoms with Crippen molar-refractivity contribution in [3.05, 3.63) is 119 Å². The molecular weight excluding hydrogens is 656 g/mol. The summed E-state index contributed by atoms with van der Waals surface area (Å²) in [6.45, 7) is 5.67. The monoisotopic (exact) mass is 700 g/mol. The van der Waals surface area contributed by atoms with E-state index in [4.69, 9.17) is 9.47 Å². The highest BCUT2D eigenvalue weighted by Crippen LogP contribution is 2.28. The normalized spacial score (nSPS) is 16.9. The Bertz CT molecular complexity index is 1780. The first kappa shape index (κ1) is 35.9. The average molecular weight is 701 g/mol. The maximum absolute atomic E-state index is 13.4. The Morgan fingerprint density at radius 1 is 0.596 bits per heavy atom. The minimum Gasteiger partial charge on any atom is -0.493 e. The molecule has 0 bridgehead atoms. The van der Waals surface area contributed by atoms with E-state index in [1.165, 1.54) is 0 Å². The molecule has 52 heavy (non-hydrogen) atoms. The standard InChI is InChI=1S/C42H44N4O6/c1-3-51-37-15-7-5-11-33(37)41(49)45-27-9-13-35(45)39(47)43-31-23-19-29(20-24-31)17-18-30-21-25-32(26-22-30)44-40(48)36-14-10-28-46(36)42(50)34-12-6-8-16-38(34)52-4-2/h5-8,11-12,15-26,35-36H,3-4,9-10,13-14,27-28H2,1-2H3,(H,43,47)(H,44,48)/t35-,36-/m0/s1. The van der Waals surface area contributed by atoms with Crippen LogP contribution in [0.2, 0.25) is 0 Å². The van der Waals surface area contributed by atoms with Crippen molar-refractivity contribution >= 4 is 47.2 Å². The van der Waals surface area contributed by atoms with Crippen molar-refractivity contribution in [3.8, 4) is 11.5 Å². The van der Waals surface area contributed by atoms with Crippen LogP contribution in [0, 0.1) is 0 Å². The molecule has 6 rings (SSSR count). The Morgan fingerprint density at radius 3 is 1.37 bits per heavy atom. The van der Waals surface area contributed by atoms with E-state index < -0.39 is 12.1 Å². The van der Waals surface area contributed by atoms with Crippen molar-refractivity contribution in [3.63, 3.8) is 0 Å². The zero-order chi connectivity index (χ0) is 36.5. The number of rotatable bonds is 12. The molecule has 0 spiro atoms. The molecule has 0 aromatic heterocycles. The third-order valence-electron chi connectivity index (χ3n) is 9.29. The molecule has 268 valence electrons. The molecule has 4 aromatic carbocycles. The molecule has 2 heterocycles. The molecule has 0 unspecified atom stereocenters. The molecular formula is C42H44N4O6. The van der Waals surface area contributed by atoms with Gasteiger partial charge in [0.25, 0.3) is 11.8 Å². The minimum absolute atomic E-state index is 0.204. The Hall–Kier alpha value is -5.90. The molecule has 2 saturated heterocycles. The van der Waals surface area contributed by atoms with Gasteiger partial charge in [-0.05, 0) is 99.2 Å². The zero-order valence-electron chi connectivity index (χ0n) is 29.5. The third kappa shape index (κ3) is 8.34. The Morgan fingerprint density at radius 2 is 0.981 bits per heavy atom. The van der Waals surface area contributed by atoms with Gasteiger partial charge < -0.3 is 29.9 Å². The van der Waals surface area contributed by atoms with Crippen LogP contribution in [0.1, 0.15) is 71.4 Å². The van der Waals surface area contributed by atoms with Gasteiger partial charge in [-0.2, -0.15) is 0 Å². The molecule has 10 heteroatoms. The second-order valence-electron chi connectivity index (χ2n) is 12.7. The van der Waals surface area contributed by atoms with Crippen molar-refractivity contribution in [2.45, 2.75) is 51.6 Å². The Balaban J connectivity index is 1.02. The molecule has 10 nitrogen and oxygen atoms in total. The van der Waals surface area contributed by atoms with Gasteiger partial charge >= 0.3 is 0 Å². The second-order valence-corrected chi connectivity index (χ2v) is 12.7. The summed E-state index contributed by atoms with van der Waals surface area (Å²) in [4.78, 5) is 56.6. The molecule has 2 aliphatic rings. The fourth-order valence-electron chi connectivity index (χ4n) is 6.72. The number of hydrogen-bond acceptors (Lipinski definition) is 6. The predicted octanol–water partition coefficient (Wildman–Crippen LogP) is 7.14. The first-order valence-corrected chi connectivity index (χ1v) is 17.9. The zero-order valence-corrected chi connectivity index (χ0v) is 29.5. The van der Waals surface area contributed by atoms with Crippen LogP contribution in [-0.4, -0.2) is 71.8 Å². The fraction of sp³-hybridized carbons (Fsp3) is 0.286. The number of anilines is 2. The van der Waals surface area contributed by atoms with E-state index in [9.17, 15) is 19.2 Å². The number of amides is 4. The van der Waals surface area contributed by atoms with Gasteiger partial charge in [-0.1, -0.05) is 60.7 Å². The molecule has 4 aromatic rings. The molecule has 0 aliphatic carbocycles. The van der Waals surface area contributed by atoms with Gasteiger partial charge in [0.05, 0.1) is 24.3 Å². The van der Waals surface area contributed by atoms with E-state index in [-0.39, 0.29) is 23.6 Å². The van der Waals surface area contributed by atoms with Crippen LogP contribution >= 0.6 is 0 Å². The SMILES string of the molecule is CCOc1ccccc1C(=O)N1CCC[C@H]1C(=O)Nc1ccc(C=Cc2ccc(NC(=O)[C@@H]3CCCN3C(=O)c3ccccc3OCC)cc2)cc1. The van der Waals surface area contributed by atoms with E-state index in [1.807, 2.05) is 86.7 Å². The number of hydrogen-bond donors (Lipinski definition) is 2. The molecule has 0 radical (unpaired) electrons. The van der Waals surface area contributed by atoms with Gasteiger partial charge in [-0.25, -0.2) is 0 Å². The van der Waals surface area contributed by atoms with Crippen LogP contribution < -0.4 is 20.1 Å². The van der Waals surface area contributed by atoms with E-state index in [2.05, 4.69) is 10.6 Å². The molecule has 2 aliphatic heterocycles. The van der Waals surface area contributed by atoms with Crippen LogP contribution in [0.3, 0.4) is 0 Å². The first-order chi connectivity index (χ1) is 25.4. The van der Waals surface area contributed by atoms with Crippen molar-refractivity contribution in [1.29, 1.82) is 0 Å². The molecule has 2 atom stereocenters. The number of carbonyl (C=O) groups excluding carboxylic acids is 4. The summed E-state index contributed by atoms with van der Waals surface area (Å²) in [6.07, 6.45) is 6.63. The van der Waals surface area contributed by atoms with Gasteiger partial charge in [0, 0.05) is 24.5 Å². The number of para-hydroxylation sites is 2. The quantitative estimate of drug-likeness (QED) is 0.152. The van der Waals surface area contributed by atoms with Crippen molar-refractivity contribution < 1.29 is 28.7 Å². The summed E-state index contributed by atoms with van der Waals surface area (Å²) in [6, 6.07) is 28.2. The van der Waals surface area contributed by atoms with Gasteiger partial charge in [0.1, 0.15) is 23.6 Å². The highest BCUT2D eigenvalue weighted by Gasteiger charge is 2.36. The fourth-order valence-corrected chi connectivity index (χ4v) is 6.72. The van der Waals surface area contributed by atoms with E-state index in [0.717, 1.165) is 24.0 Å². The summed E-state index contributed by atoms with van der Waals surface area (Å²) >= 11 is 0. The smallest absolute Gasteiger partial charge is 0.258 e. The maximum atomic E-state index is 13.4. The Kier molecular flexibility index (Phi) is 11.7. The summed E-state index contributed by atoms with van der Waals surface area (Å²) < 4.78 is 11.3. The summed E-state index contributed by atoms with van der Waals surface area (Å²) in [7, 11) is 0. The topological polar surface area (TPSA) is 117 Å². The number of likely N-dealkylation sites (tertiary alicyclic amines) is 2. The molecule has 0 saturated carbocycles. The highest BCUT2D eigenvalue weighted by molar-refractivity contribution is 6.04. The van der Waals surface area contributed by atoms with Gasteiger partial charge in [0.2, 0.25) is 11.8 Å². The van der Waals surface area contributed by atoms with Crippen molar-refractivity contribution in [1.82, 2.24) is 9.80 Å². The summed E-state index contributed by atoms with van der Waals surface area (Å²) in [5, 5.41) is 5.96. The predicted molar refractivity (Wildman–Crippen MR) is 202 cm³/mol. The van der Waals surface area contributed by atoms with Gasteiger partial charge in [-0.15, -0.1) is 0 Å². The van der Waals surface area contributed by atoms with Crippen LogP contribution in [0.15, 0.2) is 97.1 Å². The number of benzene rings is 4. The lowest BCUT2D eigenvalue weighted by molar-refractivity contribution is -0.120.